The van der Waals surface area contributed by atoms with Crippen molar-refractivity contribution in [1.29, 1.82) is 0 Å². The molecule has 4 N–H and O–H groups in total. The van der Waals surface area contributed by atoms with Gasteiger partial charge in [-0.1, -0.05) is 17.7 Å². The van der Waals surface area contributed by atoms with Gasteiger partial charge < -0.3 is 20.3 Å². The molecule has 0 saturated heterocycles. The summed E-state index contributed by atoms with van der Waals surface area (Å²) in [6.07, 6.45) is 5.42. The van der Waals surface area contributed by atoms with Gasteiger partial charge in [0.2, 0.25) is 0 Å². The zero-order chi connectivity index (χ0) is 21.5. The molecule has 5 rings (SSSR count). The Labute approximate surface area is 181 Å². The molecule has 0 amide bonds. The van der Waals surface area contributed by atoms with Gasteiger partial charge in [0, 0.05) is 22.9 Å². The SMILES string of the molecule is COc1cccc(Nc2cc(=NC3CC3)n3ncc(=Cc4cc(O)[nH]c4O)c3n2)c1Cl. The Bertz CT molecular complexity index is 1410. The molecule has 1 fully saturated rings. The van der Waals surface area contributed by atoms with Crippen molar-refractivity contribution >= 4 is 34.8 Å². The Morgan fingerprint density at radius 1 is 1.32 bits per heavy atom. The molecule has 0 atom stereocenters. The zero-order valence-electron chi connectivity index (χ0n) is 16.5. The fourth-order valence-electron chi connectivity index (χ4n) is 3.24. The minimum atomic E-state index is -0.141. The fraction of sp³-hybridized carbons (Fsp3) is 0.190. The molecule has 9 nitrogen and oxygen atoms in total. The number of hydrogen-bond acceptors (Lipinski definition) is 7. The molecule has 0 radical (unpaired) electrons. The molecule has 158 valence electrons. The van der Waals surface area contributed by atoms with Crippen LogP contribution in [-0.4, -0.2) is 42.9 Å². The minimum Gasteiger partial charge on any atom is -0.495 e. The standard InChI is InChI=1S/C21H19ClN6O3/c1-31-15-4-2-3-14(19(15)22)25-16-9-17(24-13-5-6-13)28-20(26-16)12(10-23-28)7-11-8-18(29)27-21(11)30/h2-4,7-10,13,25,27,29-30H,5-6H2,1H3. The summed E-state index contributed by atoms with van der Waals surface area (Å²) in [7, 11) is 1.56. The number of aromatic nitrogens is 4. The quantitative estimate of drug-likeness (QED) is 0.380. The molecule has 1 aliphatic carbocycles. The highest BCUT2D eigenvalue weighted by molar-refractivity contribution is 6.34. The Morgan fingerprint density at radius 2 is 2.16 bits per heavy atom. The summed E-state index contributed by atoms with van der Waals surface area (Å²) in [5.41, 5.74) is 2.27. The second-order valence-electron chi connectivity index (χ2n) is 7.24. The van der Waals surface area contributed by atoms with E-state index in [1.165, 1.54) is 6.07 Å². The van der Waals surface area contributed by atoms with Crippen LogP contribution < -0.4 is 20.8 Å². The predicted octanol–water partition coefficient (Wildman–Crippen LogP) is 2.49. The van der Waals surface area contributed by atoms with Gasteiger partial charge in [-0.25, -0.2) is 4.98 Å². The Hall–Kier alpha value is -3.72. The molecule has 0 aliphatic heterocycles. The van der Waals surface area contributed by atoms with E-state index >= 15 is 0 Å². The number of benzene rings is 1. The monoisotopic (exact) mass is 438 g/mol. The summed E-state index contributed by atoms with van der Waals surface area (Å²) >= 11 is 6.43. The molecule has 1 aliphatic rings. The molecular formula is C21H19ClN6O3. The molecule has 10 heteroatoms. The highest BCUT2D eigenvalue weighted by atomic mass is 35.5. The van der Waals surface area contributed by atoms with Crippen molar-refractivity contribution in [2.45, 2.75) is 18.9 Å². The lowest BCUT2D eigenvalue weighted by Gasteiger charge is -2.10. The van der Waals surface area contributed by atoms with Gasteiger partial charge in [-0.3, -0.25) is 9.98 Å². The summed E-state index contributed by atoms with van der Waals surface area (Å²) in [6, 6.07) is 8.96. The average molecular weight is 439 g/mol. The molecular weight excluding hydrogens is 420 g/mol. The molecule has 31 heavy (non-hydrogen) atoms. The van der Waals surface area contributed by atoms with Crippen molar-refractivity contribution in [3.8, 4) is 17.5 Å². The molecule has 3 heterocycles. The first-order chi connectivity index (χ1) is 15.0. The Balaban J connectivity index is 1.67. The topological polar surface area (TPSA) is 120 Å². The lowest BCUT2D eigenvalue weighted by Crippen LogP contribution is -2.19. The third-order valence-electron chi connectivity index (χ3n) is 4.91. The van der Waals surface area contributed by atoms with Gasteiger partial charge in [0.15, 0.2) is 22.9 Å². The number of nitrogens with one attached hydrogen (secondary N) is 2. The number of rotatable bonds is 5. The van der Waals surface area contributed by atoms with Crippen molar-refractivity contribution in [2.75, 3.05) is 12.4 Å². The molecule has 0 spiro atoms. The number of anilines is 2. The van der Waals surface area contributed by atoms with Crippen LogP contribution in [0.2, 0.25) is 5.02 Å². The number of methoxy groups -OCH3 is 1. The number of H-pyrrole nitrogens is 1. The molecule has 1 aromatic carbocycles. The molecule has 4 aromatic rings. The summed E-state index contributed by atoms with van der Waals surface area (Å²) in [5, 5.41) is 28.3. The van der Waals surface area contributed by atoms with E-state index in [-0.39, 0.29) is 17.8 Å². The lowest BCUT2D eigenvalue weighted by molar-refractivity contribution is 0.415. The van der Waals surface area contributed by atoms with Gasteiger partial charge in [-0.15, -0.1) is 0 Å². The van der Waals surface area contributed by atoms with Crippen LogP contribution in [-0.2, 0) is 0 Å². The third kappa shape index (κ3) is 3.75. The maximum atomic E-state index is 9.96. The van der Waals surface area contributed by atoms with Gasteiger partial charge >= 0.3 is 0 Å². The van der Waals surface area contributed by atoms with E-state index in [1.807, 2.05) is 18.2 Å². The van der Waals surface area contributed by atoms with Crippen LogP contribution in [0.3, 0.4) is 0 Å². The minimum absolute atomic E-state index is 0.132. The Morgan fingerprint density at radius 3 is 2.87 bits per heavy atom. The van der Waals surface area contributed by atoms with Crippen LogP contribution in [0.5, 0.6) is 17.5 Å². The summed E-state index contributed by atoms with van der Waals surface area (Å²) in [6.45, 7) is 0. The molecule has 0 unspecified atom stereocenters. The Kier molecular flexibility index (Phi) is 4.67. The van der Waals surface area contributed by atoms with E-state index in [0.717, 1.165) is 12.8 Å². The first kappa shape index (κ1) is 19.3. The van der Waals surface area contributed by atoms with E-state index in [1.54, 1.807) is 30.0 Å². The zero-order valence-corrected chi connectivity index (χ0v) is 17.3. The van der Waals surface area contributed by atoms with Crippen LogP contribution in [0.15, 0.2) is 41.5 Å². The largest absolute Gasteiger partial charge is 0.495 e. The van der Waals surface area contributed by atoms with E-state index < -0.39 is 0 Å². The van der Waals surface area contributed by atoms with Gasteiger partial charge in [-0.2, -0.15) is 9.61 Å². The highest BCUT2D eigenvalue weighted by Crippen LogP contribution is 2.33. The second-order valence-corrected chi connectivity index (χ2v) is 7.62. The predicted molar refractivity (Wildman–Crippen MR) is 116 cm³/mol. The number of aromatic amines is 1. The number of nitrogens with zero attached hydrogens (tertiary/aromatic N) is 4. The second kappa shape index (κ2) is 7.51. The summed E-state index contributed by atoms with van der Waals surface area (Å²) < 4.78 is 6.95. The lowest BCUT2D eigenvalue weighted by atomic mass is 10.2. The van der Waals surface area contributed by atoms with Crippen LogP contribution in [0.4, 0.5) is 11.5 Å². The number of fused-ring (bicyclic) bond motifs is 1. The van der Waals surface area contributed by atoms with E-state index in [9.17, 15) is 10.2 Å². The maximum absolute atomic E-state index is 9.96. The van der Waals surface area contributed by atoms with Crippen molar-refractivity contribution in [2.24, 2.45) is 4.99 Å². The van der Waals surface area contributed by atoms with Crippen LogP contribution in [0, 0.1) is 0 Å². The number of aromatic hydroxyl groups is 2. The van der Waals surface area contributed by atoms with E-state index in [0.29, 0.717) is 44.2 Å². The molecule has 0 bridgehead atoms. The van der Waals surface area contributed by atoms with Crippen molar-refractivity contribution < 1.29 is 14.9 Å². The first-order valence-electron chi connectivity index (χ1n) is 9.66. The normalized spacial score (nSPS) is 15.0. The van der Waals surface area contributed by atoms with Gasteiger partial charge in [0.1, 0.15) is 16.6 Å². The number of hydrogen-bond donors (Lipinski definition) is 4. The number of ether oxygens (including phenoxy) is 1. The third-order valence-corrected chi connectivity index (χ3v) is 5.30. The van der Waals surface area contributed by atoms with Crippen LogP contribution in [0.1, 0.15) is 18.4 Å². The maximum Gasteiger partial charge on any atom is 0.198 e. The van der Waals surface area contributed by atoms with Gasteiger partial charge in [0.25, 0.3) is 0 Å². The first-order valence-corrected chi connectivity index (χ1v) is 10.0. The fourth-order valence-corrected chi connectivity index (χ4v) is 3.49. The van der Waals surface area contributed by atoms with Gasteiger partial charge in [0.05, 0.1) is 25.0 Å². The van der Waals surface area contributed by atoms with E-state index in [2.05, 4.69) is 15.4 Å². The van der Waals surface area contributed by atoms with Crippen molar-refractivity contribution in [3.05, 3.63) is 57.8 Å². The molecule has 3 aromatic heterocycles. The van der Waals surface area contributed by atoms with Crippen molar-refractivity contribution in [1.82, 2.24) is 19.6 Å². The van der Waals surface area contributed by atoms with Crippen LogP contribution in [0.25, 0.3) is 11.7 Å². The van der Waals surface area contributed by atoms with E-state index in [4.69, 9.17) is 26.3 Å². The van der Waals surface area contributed by atoms with Crippen molar-refractivity contribution in [3.63, 3.8) is 0 Å². The van der Waals surface area contributed by atoms with Crippen LogP contribution >= 0.6 is 11.6 Å². The average Bonchev–Trinajstić information content (AvgIpc) is 3.38. The van der Waals surface area contributed by atoms with Gasteiger partial charge in [-0.05, 0) is 31.1 Å². The smallest absolute Gasteiger partial charge is 0.198 e. The highest BCUT2D eigenvalue weighted by Gasteiger charge is 2.20. The summed E-state index contributed by atoms with van der Waals surface area (Å²) in [5.74, 6) is 0.819. The summed E-state index contributed by atoms with van der Waals surface area (Å²) in [4.78, 5) is 11.9. The number of halogens is 1. The molecule has 1 saturated carbocycles.